The standard InChI is InChI=1S/C11H16O/c1-9-5-2-3-7-11(9)8-4-6-10(11)12/h1-8H2/t11-/m1/s1. The van der Waals surface area contributed by atoms with Crippen molar-refractivity contribution < 1.29 is 4.79 Å². The van der Waals surface area contributed by atoms with E-state index in [2.05, 4.69) is 6.58 Å². The Labute approximate surface area is 73.8 Å². The molecular weight excluding hydrogens is 148 g/mol. The summed E-state index contributed by atoms with van der Waals surface area (Å²) >= 11 is 0. The lowest BCUT2D eigenvalue weighted by Crippen LogP contribution is -2.30. The maximum absolute atomic E-state index is 11.7. The van der Waals surface area contributed by atoms with E-state index in [1.54, 1.807) is 0 Å². The first kappa shape index (κ1) is 8.03. The minimum Gasteiger partial charge on any atom is -0.299 e. The summed E-state index contributed by atoms with van der Waals surface area (Å²) in [4.78, 5) is 11.7. The molecule has 0 N–H and O–H groups in total. The van der Waals surface area contributed by atoms with Crippen LogP contribution in [0, 0.1) is 5.41 Å². The van der Waals surface area contributed by atoms with E-state index < -0.39 is 0 Å². The van der Waals surface area contributed by atoms with Crippen molar-refractivity contribution in [3.8, 4) is 0 Å². The molecule has 1 heteroatoms. The lowest BCUT2D eigenvalue weighted by atomic mass is 9.69. The SMILES string of the molecule is C=C1CCCC[C@@]12CCCC2=O. The van der Waals surface area contributed by atoms with Gasteiger partial charge in [-0.15, -0.1) is 0 Å². The third-order valence-electron chi connectivity index (χ3n) is 3.55. The van der Waals surface area contributed by atoms with Crippen LogP contribution in [0.1, 0.15) is 44.9 Å². The maximum Gasteiger partial charge on any atom is 0.143 e. The Kier molecular flexibility index (Phi) is 1.82. The van der Waals surface area contributed by atoms with Gasteiger partial charge in [0, 0.05) is 11.8 Å². The van der Waals surface area contributed by atoms with Crippen LogP contribution in [0.15, 0.2) is 12.2 Å². The molecule has 0 bridgehead atoms. The molecule has 0 aromatic carbocycles. The summed E-state index contributed by atoms with van der Waals surface area (Å²) in [5.74, 6) is 0.479. The molecule has 0 saturated heterocycles. The van der Waals surface area contributed by atoms with Crippen molar-refractivity contribution in [1.82, 2.24) is 0 Å². The lowest BCUT2D eigenvalue weighted by molar-refractivity contribution is -0.124. The summed E-state index contributed by atoms with van der Waals surface area (Å²) in [5, 5.41) is 0. The van der Waals surface area contributed by atoms with Gasteiger partial charge in [0.25, 0.3) is 0 Å². The highest BCUT2D eigenvalue weighted by Crippen LogP contribution is 2.49. The fourth-order valence-corrected chi connectivity index (χ4v) is 2.75. The van der Waals surface area contributed by atoms with Gasteiger partial charge in [0.2, 0.25) is 0 Å². The van der Waals surface area contributed by atoms with Crippen LogP contribution in [0.3, 0.4) is 0 Å². The third kappa shape index (κ3) is 0.954. The van der Waals surface area contributed by atoms with Gasteiger partial charge in [0.15, 0.2) is 0 Å². The zero-order valence-electron chi connectivity index (χ0n) is 7.57. The van der Waals surface area contributed by atoms with Crippen LogP contribution < -0.4 is 0 Å². The minimum atomic E-state index is -0.0434. The fourth-order valence-electron chi connectivity index (χ4n) is 2.75. The Balaban J connectivity index is 2.27. The topological polar surface area (TPSA) is 17.1 Å². The number of Topliss-reactive ketones (excluding diaryl/α,β-unsaturated/α-hetero) is 1. The van der Waals surface area contributed by atoms with Crippen molar-refractivity contribution in [1.29, 1.82) is 0 Å². The van der Waals surface area contributed by atoms with Crippen molar-refractivity contribution in [2.75, 3.05) is 0 Å². The normalized spacial score (nSPS) is 36.3. The highest BCUT2D eigenvalue weighted by molar-refractivity contribution is 5.89. The number of hydrogen-bond donors (Lipinski definition) is 0. The van der Waals surface area contributed by atoms with E-state index in [1.807, 2.05) is 0 Å². The number of ketones is 1. The molecule has 0 amide bonds. The summed E-state index contributed by atoms with van der Waals surface area (Å²) in [6, 6.07) is 0. The lowest BCUT2D eigenvalue weighted by Gasteiger charge is -2.34. The fraction of sp³-hybridized carbons (Fsp3) is 0.727. The molecule has 2 aliphatic rings. The molecule has 0 aromatic rings. The van der Waals surface area contributed by atoms with Gasteiger partial charge in [-0.05, 0) is 32.1 Å². The van der Waals surface area contributed by atoms with Gasteiger partial charge in [-0.1, -0.05) is 18.6 Å². The number of carbonyl (C=O) groups excluding carboxylic acids is 1. The number of rotatable bonds is 0. The first-order valence-corrected chi connectivity index (χ1v) is 4.97. The van der Waals surface area contributed by atoms with Crippen molar-refractivity contribution in [2.24, 2.45) is 5.41 Å². The Morgan fingerprint density at radius 2 is 1.83 bits per heavy atom. The van der Waals surface area contributed by atoms with Gasteiger partial charge >= 0.3 is 0 Å². The van der Waals surface area contributed by atoms with Gasteiger partial charge in [-0.3, -0.25) is 4.79 Å². The Morgan fingerprint density at radius 1 is 1.08 bits per heavy atom. The van der Waals surface area contributed by atoms with Crippen LogP contribution in [0.25, 0.3) is 0 Å². The molecule has 0 aliphatic heterocycles. The first-order chi connectivity index (χ1) is 5.76. The Morgan fingerprint density at radius 3 is 2.42 bits per heavy atom. The van der Waals surface area contributed by atoms with Gasteiger partial charge in [-0.25, -0.2) is 0 Å². The molecule has 0 unspecified atom stereocenters. The van der Waals surface area contributed by atoms with Gasteiger partial charge in [0.1, 0.15) is 5.78 Å². The minimum absolute atomic E-state index is 0.0434. The molecule has 1 atom stereocenters. The second-order valence-corrected chi connectivity index (χ2v) is 4.17. The van der Waals surface area contributed by atoms with Crippen LogP contribution in [-0.4, -0.2) is 5.78 Å². The highest BCUT2D eigenvalue weighted by Gasteiger charge is 2.44. The zero-order valence-corrected chi connectivity index (χ0v) is 7.57. The second-order valence-electron chi connectivity index (χ2n) is 4.17. The van der Waals surface area contributed by atoms with E-state index in [1.165, 1.54) is 18.4 Å². The molecule has 0 heterocycles. The molecule has 0 radical (unpaired) electrons. The molecule has 2 saturated carbocycles. The summed E-state index contributed by atoms with van der Waals surface area (Å²) in [5.41, 5.74) is 1.19. The van der Waals surface area contributed by atoms with Crippen molar-refractivity contribution in [3.63, 3.8) is 0 Å². The average Bonchev–Trinajstić information content (AvgIpc) is 2.41. The molecule has 66 valence electrons. The second kappa shape index (κ2) is 2.72. The molecule has 12 heavy (non-hydrogen) atoms. The summed E-state index contributed by atoms with van der Waals surface area (Å²) in [6.07, 6.45) is 7.64. The molecule has 1 nitrogen and oxygen atoms in total. The van der Waals surface area contributed by atoms with E-state index in [0.29, 0.717) is 5.78 Å². The number of allylic oxidation sites excluding steroid dienone is 1. The summed E-state index contributed by atoms with van der Waals surface area (Å²) < 4.78 is 0. The molecule has 2 fully saturated rings. The van der Waals surface area contributed by atoms with Crippen LogP contribution in [0.5, 0.6) is 0 Å². The van der Waals surface area contributed by atoms with Gasteiger partial charge < -0.3 is 0 Å². The average molecular weight is 164 g/mol. The molecule has 2 aliphatic carbocycles. The molecular formula is C11H16O. The molecule has 2 rings (SSSR count). The Bertz CT molecular complexity index is 229. The maximum atomic E-state index is 11.7. The van der Waals surface area contributed by atoms with Crippen molar-refractivity contribution in [2.45, 2.75) is 44.9 Å². The van der Waals surface area contributed by atoms with Crippen LogP contribution in [-0.2, 0) is 4.79 Å². The van der Waals surface area contributed by atoms with Crippen LogP contribution in [0.4, 0.5) is 0 Å². The molecule has 0 aromatic heterocycles. The Hall–Kier alpha value is -0.590. The van der Waals surface area contributed by atoms with E-state index in [0.717, 1.165) is 32.1 Å². The van der Waals surface area contributed by atoms with E-state index in [9.17, 15) is 4.79 Å². The monoisotopic (exact) mass is 164 g/mol. The quantitative estimate of drug-likeness (QED) is 0.503. The van der Waals surface area contributed by atoms with E-state index in [-0.39, 0.29) is 5.41 Å². The van der Waals surface area contributed by atoms with Crippen molar-refractivity contribution >= 4 is 5.78 Å². The zero-order chi connectivity index (χ0) is 8.60. The predicted molar refractivity (Wildman–Crippen MR) is 48.9 cm³/mol. The first-order valence-electron chi connectivity index (χ1n) is 4.97. The predicted octanol–water partition coefficient (Wildman–Crippen LogP) is 2.86. The van der Waals surface area contributed by atoms with Gasteiger partial charge in [-0.2, -0.15) is 0 Å². The molecule has 1 spiro atoms. The summed E-state index contributed by atoms with van der Waals surface area (Å²) in [7, 11) is 0. The van der Waals surface area contributed by atoms with Gasteiger partial charge in [0.05, 0.1) is 0 Å². The van der Waals surface area contributed by atoms with E-state index >= 15 is 0 Å². The third-order valence-corrected chi connectivity index (χ3v) is 3.55. The largest absolute Gasteiger partial charge is 0.299 e. The van der Waals surface area contributed by atoms with Crippen molar-refractivity contribution in [3.05, 3.63) is 12.2 Å². The van der Waals surface area contributed by atoms with Crippen LogP contribution in [0.2, 0.25) is 0 Å². The van der Waals surface area contributed by atoms with Crippen LogP contribution >= 0.6 is 0 Å². The van der Waals surface area contributed by atoms with E-state index in [4.69, 9.17) is 0 Å². The highest BCUT2D eigenvalue weighted by atomic mass is 16.1. The number of hydrogen-bond acceptors (Lipinski definition) is 1. The number of carbonyl (C=O) groups is 1. The summed E-state index contributed by atoms with van der Waals surface area (Å²) in [6.45, 7) is 4.08. The smallest absolute Gasteiger partial charge is 0.143 e.